The van der Waals surface area contributed by atoms with Gasteiger partial charge in [-0.15, -0.1) is 0 Å². The van der Waals surface area contributed by atoms with Crippen LogP contribution in [-0.2, 0) is 11.3 Å². The molecule has 1 N–H and O–H groups in total. The summed E-state index contributed by atoms with van der Waals surface area (Å²) in [6.45, 7) is 5.80. The van der Waals surface area contributed by atoms with Crippen molar-refractivity contribution < 1.29 is 4.79 Å². The molecule has 1 aromatic carbocycles. The predicted octanol–water partition coefficient (Wildman–Crippen LogP) is 3.17. The van der Waals surface area contributed by atoms with E-state index in [1.54, 1.807) is 0 Å². The largest absolute Gasteiger partial charge is 0.312 e. The molecule has 0 amide bonds. The molecule has 0 atom stereocenters. The number of hydrogen-bond donors (Lipinski definition) is 1. The average Bonchev–Trinajstić information content (AvgIpc) is 2.37. The van der Waals surface area contributed by atoms with Crippen molar-refractivity contribution in [2.75, 3.05) is 6.54 Å². The molecule has 0 radical (unpaired) electrons. The van der Waals surface area contributed by atoms with Crippen molar-refractivity contribution in [3.8, 4) is 0 Å². The fraction of sp³-hybridized carbons (Fsp3) is 0.533. The van der Waals surface area contributed by atoms with Crippen molar-refractivity contribution in [3.05, 3.63) is 35.9 Å². The van der Waals surface area contributed by atoms with Gasteiger partial charge in [0.2, 0.25) is 0 Å². The number of Topliss-reactive ketones (excluding diaryl/α,β-unsaturated/α-hetero) is 1. The third kappa shape index (κ3) is 5.14. The van der Waals surface area contributed by atoms with E-state index in [9.17, 15) is 4.79 Å². The van der Waals surface area contributed by atoms with Crippen LogP contribution in [0.1, 0.15) is 38.7 Å². The molecule has 94 valence electrons. The molecule has 0 fully saturated rings. The Morgan fingerprint density at radius 1 is 1.18 bits per heavy atom. The van der Waals surface area contributed by atoms with Gasteiger partial charge in [0.15, 0.2) is 0 Å². The Bertz CT molecular complexity index is 317. The maximum absolute atomic E-state index is 11.8. The first-order chi connectivity index (χ1) is 8.27. The SMILES string of the molecule is CCC(CC)C(=O)CCNCc1ccccc1. The predicted molar refractivity (Wildman–Crippen MR) is 71.8 cm³/mol. The molecular weight excluding hydrogens is 210 g/mol. The van der Waals surface area contributed by atoms with Crippen LogP contribution >= 0.6 is 0 Å². The summed E-state index contributed by atoms with van der Waals surface area (Å²) in [5.74, 6) is 0.657. The van der Waals surface area contributed by atoms with Crippen molar-refractivity contribution in [1.29, 1.82) is 0 Å². The molecule has 1 rings (SSSR count). The number of ketones is 1. The molecule has 0 heterocycles. The number of benzene rings is 1. The minimum atomic E-state index is 0.258. The quantitative estimate of drug-likeness (QED) is 0.699. The van der Waals surface area contributed by atoms with Gasteiger partial charge >= 0.3 is 0 Å². The van der Waals surface area contributed by atoms with Crippen LogP contribution in [0.4, 0.5) is 0 Å². The molecule has 0 aliphatic rings. The molecular formula is C15H23NO. The van der Waals surface area contributed by atoms with Gasteiger partial charge in [-0.25, -0.2) is 0 Å². The summed E-state index contributed by atoms with van der Waals surface area (Å²) in [5, 5.41) is 3.31. The summed E-state index contributed by atoms with van der Waals surface area (Å²) in [5.41, 5.74) is 1.27. The van der Waals surface area contributed by atoms with Crippen LogP contribution in [0, 0.1) is 5.92 Å². The maximum atomic E-state index is 11.8. The van der Waals surface area contributed by atoms with Gasteiger partial charge in [-0.1, -0.05) is 44.2 Å². The number of nitrogens with one attached hydrogen (secondary N) is 1. The molecule has 0 aromatic heterocycles. The molecule has 0 bridgehead atoms. The van der Waals surface area contributed by atoms with Gasteiger partial charge in [0.1, 0.15) is 5.78 Å². The lowest BCUT2D eigenvalue weighted by Gasteiger charge is -2.11. The van der Waals surface area contributed by atoms with E-state index in [-0.39, 0.29) is 5.92 Å². The first kappa shape index (κ1) is 13.9. The second-order valence-electron chi connectivity index (χ2n) is 4.39. The molecule has 0 saturated heterocycles. The highest BCUT2D eigenvalue weighted by atomic mass is 16.1. The van der Waals surface area contributed by atoms with E-state index >= 15 is 0 Å². The minimum absolute atomic E-state index is 0.258. The molecule has 0 saturated carbocycles. The Balaban J connectivity index is 2.18. The Labute approximate surface area is 104 Å². The van der Waals surface area contributed by atoms with Crippen molar-refractivity contribution in [1.82, 2.24) is 5.32 Å². The lowest BCUT2D eigenvalue weighted by molar-refractivity contribution is -0.122. The average molecular weight is 233 g/mol. The summed E-state index contributed by atoms with van der Waals surface area (Å²) in [4.78, 5) is 11.8. The van der Waals surface area contributed by atoms with Crippen molar-refractivity contribution >= 4 is 5.78 Å². The zero-order chi connectivity index (χ0) is 12.5. The van der Waals surface area contributed by atoms with E-state index < -0.39 is 0 Å². The van der Waals surface area contributed by atoms with E-state index in [0.29, 0.717) is 12.2 Å². The van der Waals surface area contributed by atoms with E-state index in [2.05, 4.69) is 31.3 Å². The molecule has 0 aliphatic heterocycles. The second kappa shape index (κ2) is 8.02. The van der Waals surface area contributed by atoms with Gasteiger partial charge in [-0.05, 0) is 18.4 Å². The van der Waals surface area contributed by atoms with E-state index in [1.165, 1.54) is 5.56 Å². The maximum Gasteiger partial charge on any atom is 0.137 e. The highest BCUT2D eigenvalue weighted by Crippen LogP contribution is 2.10. The van der Waals surface area contributed by atoms with Crippen LogP contribution in [0.3, 0.4) is 0 Å². The normalized spacial score (nSPS) is 10.8. The lowest BCUT2D eigenvalue weighted by Crippen LogP contribution is -2.21. The molecule has 0 aliphatic carbocycles. The zero-order valence-corrected chi connectivity index (χ0v) is 10.9. The Kier molecular flexibility index (Phi) is 6.56. The molecule has 2 nitrogen and oxygen atoms in total. The van der Waals surface area contributed by atoms with Gasteiger partial charge in [0.05, 0.1) is 0 Å². The smallest absolute Gasteiger partial charge is 0.137 e. The Morgan fingerprint density at radius 3 is 2.41 bits per heavy atom. The third-order valence-corrected chi connectivity index (χ3v) is 3.16. The zero-order valence-electron chi connectivity index (χ0n) is 10.9. The molecule has 2 heteroatoms. The van der Waals surface area contributed by atoms with Gasteiger partial charge in [-0.2, -0.15) is 0 Å². The monoisotopic (exact) mass is 233 g/mol. The number of hydrogen-bond acceptors (Lipinski definition) is 2. The summed E-state index contributed by atoms with van der Waals surface area (Å²) in [6.07, 6.45) is 2.58. The van der Waals surface area contributed by atoms with Crippen LogP contribution < -0.4 is 5.32 Å². The van der Waals surface area contributed by atoms with E-state index in [1.807, 2.05) is 18.2 Å². The fourth-order valence-corrected chi connectivity index (χ4v) is 1.99. The fourth-order valence-electron chi connectivity index (χ4n) is 1.99. The lowest BCUT2D eigenvalue weighted by atomic mass is 9.96. The van der Waals surface area contributed by atoms with Gasteiger partial charge in [0, 0.05) is 25.4 Å². The number of carbonyl (C=O) groups excluding carboxylic acids is 1. The first-order valence-electron chi connectivity index (χ1n) is 6.55. The van der Waals surface area contributed by atoms with Crippen molar-refractivity contribution in [3.63, 3.8) is 0 Å². The van der Waals surface area contributed by atoms with Crippen LogP contribution in [0.25, 0.3) is 0 Å². The summed E-state index contributed by atoms with van der Waals surface area (Å²) < 4.78 is 0. The van der Waals surface area contributed by atoms with Crippen LogP contribution in [-0.4, -0.2) is 12.3 Å². The van der Waals surface area contributed by atoms with Gasteiger partial charge < -0.3 is 5.32 Å². The van der Waals surface area contributed by atoms with Crippen LogP contribution in [0.2, 0.25) is 0 Å². The molecule has 0 spiro atoms. The van der Waals surface area contributed by atoms with Crippen molar-refractivity contribution in [2.45, 2.75) is 39.7 Å². The molecule has 17 heavy (non-hydrogen) atoms. The van der Waals surface area contributed by atoms with Crippen molar-refractivity contribution in [2.24, 2.45) is 5.92 Å². The van der Waals surface area contributed by atoms with Gasteiger partial charge in [-0.3, -0.25) is 4.79 Å². The third-order valence-electron chi connectivity index (χ3n) is 3.16. The van der Waals surface area contributed by atoms with Crippen LogP contribution in [0.15, 0.2) is 30.3 Å². The topological polar surface area (TPSA) is 29.1 Å². The number of rotatable bonds is 8. The van der Waals surface area contributed by atoms with Gasteiger partial charge in [0.25, 0.3) is 0 Å². The summed E-state index contributed by atoms with van der Waals surface area (Å²) in [7, 11) is 0. The highest BCUT2D eigenvalue weighted by Gasteiger charge is 2.12. The Hall–Kier alpha value is -1.15. The molecule has 0 unspecified atom stereocenters. The van der Waals surface area contributed by atoms with E-state index in [0.717, 1.165) is 25.9 Å². The summed E-state index contributed by atoms with van der Waals surface area (Å²) >= 11 is 0. The second-order valence-corrected chi connectivity index (χ2v) is 4.39. The Morgan fingerprint density at radius 2 is 1.82 bits per heavy atom. The standard InChI is InChI=1S/C15H23NO/c1-3-14(4-2)15(17)10-11-16-12-13-8-6-5-7-9-13/h5-9,14,16H,3-4,10-12H2,1-2H3. The number of carbonyl (C=O) groups is 1. The van der Waals surface area contributed by atoms with E-state index in [4.69, 9.17) is 0 Å². The molecule has 1 aromatic rings. The van der Waals surface area contributed by atoms with Crippen LogP contribution in [0.5, 0.6) is 0 Å². The summed E-state index contributed by atoms with van der Waals surface area (Å²) in [6, 6.07) is 10.3. The highest BCUT2D eigenvalue weighted by molar-refractivity contribution is 5.81. The minimum Gasteiger partial charge on any atom is -0.312 e. The first-order valence-corrected chi connectivity index (χ1v) is 6.55.